The van der Waals surface area contributed by atoms with Crippen molar-refractivity contribution >= 4 is 0 Å². The lowest BCUT2D eigenvalue weighted by Gasteiger charge is -2.10. The van der Waals surface area contributed by atoms with Crippen LogP contribution in [-0.4, -0.2) is 44.3 Å². The van der Waals surface area contributed by atoms with Crippen LogP contribution in [0.2, 0.25) is 0 Å². The maximum absolute atomic E-state index is 5.71. The molecule has 0 saturated carbocycles. The van der Waals surface area contributed by atoms with Crippen LogP contribution in [0.15, 0.2) is 0 Å². The van der Waals surface area contributed by atoms with Crippen molar-refractivity contribution in [2.45, 2.75) is 12.1 Å². The molecule has 1 aliphatic heterocycles. The molecule has 1 rings (SSSR count). The number of likely N-dealkylation sites (N-methyl/N-ethyl adjacent to an activating group) is 1. The van der Waals surface area contributed by atoms with E-state index in [1.807, 2.05) is 0 Å². The van der Waals surface area contributed by atoms with Crippen molar-refractivity contribution in [2.24, 2.45) is 5.73 Å². The molecule has 9 heavy (non-hydrogen) atoms. The van der Waals surface area contributed by atoms with Crippen molar-refractivity contribution in [3.8, 4) is 0 Å². The first-order valence-electron chi connectivity index (χ1n) is 3.21. The van der Waals surface area contributed by atoms with Gasteiger partial charge in [-0.2, -0.15) is 0 Å². The molecule has 3 heteroatoms. The Morgan fingerprint density at radius 3 is 2.44 bits per heavy atom. The summed E-state index contributed by atoms with van der Waals surface area (Å²) < 4.78 is 5.13. The van der Waals surface area contributed by atoms with Gasteiger partial charge in [-0.15, -0.1) is 0 Å². The van der Waals surface area contributed by atoms with Crippen LogP contribution in [0.3, 0.4) is 0 Å². The fourth-order valence-corrected chi connectivity index (χ4v) is 1.24. The molecule has 54 valence electrons. The number of nitrogens with two attached hydrogens (primary N) is 1. The van der Waals surface area contributed by atoms with Gasteiger partial charge in [0, 0.05) is 26.2 Å². The minimum absolute atomic E-state index is 0.208. The third kappa shape index (κ3) is 1.41. The number of nitrogens with zero attached hydrogens (tertiary/aromatic N) is 1. The van der Waals surface area contributed by atoms with Crippen molar-refractivity contribution < 1.29 is 4.74 Å². The number of hydrogen-bond donors (Lipinski definition) is 1. The van der Waals surface area contributed by atoms with E-state index in [1.54, 1.807) is 7.11 Å². The Kier molecular flexibility index (Phi) is 2.05. The van der Waals surface area contributed by atoms with Crippen molar-refractivity contribution in [1.29, 1.82) is 0 Å². The van der Waals surface area contributed by atoms with Crippen molar-refractivity contribution in [1.82, 2.24) is 4.90 Å². The highest BCUT2D eigenvalue weighted by atomic mass is 16.5. The molecule has 2 N–H and O–H groups in total. The summed E-state index contributed by atoms with van der Waals surface area (Å²) in [4.78, 5) is 2.18. The number of likely N-dealkylation sites (tertiary alicyclic amines) is 1. The Labute approximate surface area is 55.8 Å². The molecule has 0 aliphatic carbocycles. The van der Waals surface area contributed by atoms with Crippen LogP contribution >= 0.6 is 0 Å². The van der Waals surface area contributed by atoms with E-state index in [9.17, 15) is 0 Å². The summed E-state index contributed by atoms with van der Waals surface area (Å²) in [5.41, 5.74) is 5.71. The molecular weight excluding hydrogens is 116 g/mol. The molecule has 0 aromatic rings. The lowest BCUT2D eigenvalue weighted by atomic mass is 10.2. The van der Waals surface area contributed by atoms with Crippen LogP contribution in [0.5, 0.6) is 0 Å². The van der Waals surface area contributed by atoms with Gasteiger partial charge in [-0.05, 0) is 7.05 Å². The zero-order chi connectivity index (χ0) is 6.85. The number of hydrogen-bond acceptors (Lipinski definition) is 3. The van der Waals surface area contributed by atoms with Gasteiger partial charge in [0.15, 0.2) is 0 Å². The van der Waals surface area contributed by atoms with Crippen molar-refractivity contribution in [3.05, 3.63) is 0 Å². The summed E-state index contributed by atoms with van der Waals surface area (Å²) in [6.07, 6.45) is 0.245. The van der Waals surface area contributed by atoms with Crippen LogP contribution in [0.1, 0.15) is 0 Å². The maximum atomic E-state index is 5.71. The van der Waals surface area contributed by atoms with E-state index in [0.717, 1.165) is 13.1 Å². The molecule has 2 atom stereocenters. The average Bonchev–Trinajstić information content (AvgIpc) is 2.10. The Bertz CT molecular complexity index is 97.1. The first kappa shape index (κ1) is 6.99. The average molecular weight is 130 g/mol. The largest absolute Gasteiger partial charge is 0.378 e. The zero-order valence-electron chi connectivity index (χ0n) is 6.00. The quantitative estimate of drug-likeness (QED) is 0.509. The molecular formula is C6H14N2O. The fourth-order valence-electron chi connectivity index (χ4n) is 1.24. The molecule has 0 amide bonds. The van der Waals surface area contributed by atoms with Gasteiger partial charge in [-0.1, -0.05) is 0 Å². The van der Waals surface area contributed by atoms with Gasteiger partial charge >= 0.3 is 0 Å². The predicted molar refractivity (Wildman–Crippen MR) is 36.3 cm³/mol. The molecule has 0 radical (unpaired) electrons. The topological polar surface area (TPSA) is 38.5 Å². The third-order valence-electron chi connectivity index (χ3n) is 1.79. The highest BCUT2D eigenvalue weighted by molar-refractivity contribution is 4.85. The molecule has 1 heterocycles. The Morgan fingerprint density at radius 1 is 1.56 bits per heavy atom. The Hall–Kier alpha value is -0.120. The fraction of sp³-hybridized carbons (Fsp3) is 1.00. The second-order valence-corrected chi connectivity index (χ2v) is 2.66. The van der Waals surface area contributed by atoms with Gasteiger partial charge in [0.1, 0.15) is 0 Å². The second-order valence-electron chi connectivity index (χ2n) is 2.66. The zero-order valence-corrected chi connectivity index (χ0v) is 6.00. The summed E-state index contributed by atoms with van der Waals surface area (Å²) in [6, 6.07) is 0.208. The third-order valence-corrected chi connectivity index (χ3v) is 1.79. The molecule has 0 bridgehead atoms. The summed E-state index contributed by atoms with van der Waals surface area (Å²) in [7, 11) is 3.77. The number of rotatable bonds is 1. The van der Waals surface area contributed by atoms with E-state index in [-0.39, 0.29) is 12.1 Å². The van der Waals surface area contributed by atoms with Gasteiger partial charge < -0.3 is 15.4 Å². The summed E-state index contributed by atoms with van der Waals surface area (Å²) in [5.74, 6) is 0. The Balaban J connectivity index is 2.38. The smallest absolute Gasteiger partial charge is 0.0861 e. The van der Waals surface area contributed by atoms with Gasteiger partial charge in [-0.3, -0.25) is 0 Å². The van der Waals surface area contributed by atoms with Crippen LogP contribution in [-0.2, 0) is 4.74 Å². The minimum Gasteiger partial charge on any atom is -0.378 e. The first-order valence-corrected chi connectivity index (χ1v) is 3.21. The van der Waals surface area contributed by atoms with E-state index in [0.29, 0.717) is 0 Å². The van der Waals surface area contributed by atoms with Crippen LogP contribution < -0.4 is 5.73 Å². The molecule has 0 aromatic heterocycles. The molecule has 1 fully saturated rings. The summed E-state index contributed by atoms with van der Waals surface area (Å²) >= 11 is 0. The van der Waals surface area contributed by atoms with E-state index in [2.05, 4.69) is 11.9 Å². The Morgan fingerprint density at radius 2 is 2.22 bits per heavy atom. The van der Waals surface area contributed by atoms with Crippen LogP contribution in [0.25, 0.3) is 0 Å². The van der Waals surface area contributed by atoms with E-state index in [1.165, 1.54) is 0 Å². The molecule has 0 unspecified atom stereocenters. The lowest BCUT2D eigenvalue weighted by molar-refractivity contribution is 0.100. The van der Waals surface area contributed by atoms with Crippen LogP contribution in [0, 0.1) is 0 Å². The van der Waals surface area contributed by atoms with Gasteiger partial charge in [0.05, 0.1) is 6.10 Å². The van der Waals surface area contributed by atoms with Crippen molar-refractivity contribution in [2.75, 3.05) is 27.2 Å². The van der Waals surface area contributed by atoms with Crippen LogP contribution in [0.4, 0.5) is 0 Å². The minimum atomic E-state index is 0.208. The van der Waals surface area contributed by atoms with Gasteiger partial charge in [0.2, 0.25) is 0 Å². The summed E-state index contributed by atoms with van der Waals surface area (Å²) in [5, 5.41) is 0. The molecule has 1 saturated heterocycles. The highest BCUT2D eigenvalue weighted by Gasteiger charge is 2.26. The predicted octanol–water partition coefficient (Wildman–Crippen LogP) is -0.726. The molecule has 0 spiro atoms. The SMILES string of the molecule is CO[C@H]1CN(C)C[C@@H]1N. The van der Waals surface area contributed by atoms with E-state index in [4.69, 9.17) is 10.5 Å². The molecule has 0 aromatic carbocycles. The maximum Gasteiger partial charge on any atom is 0.0861 e. The highest BCUT2D eigenvalue weighted by Crippen LogP contribution is 2.07. The number of methoxy groups -OCH3 is 1. The van der Waals surface area contributed by atoms with E-state index < -0.39 is 0 Å². The first-order chi connectivity index (χ1) is 4.24. The molecule has 3 nitrogen and oxygen atoms in total. The molecule has 1 aliphatic rings. The lowest BCUT2D eigenvalue weighted by Crippen LogP contribution is -2.34. The number of ether oxygens (including phenoxy) is 1. The second kappa shape index (κ2) is 2.64. The van der Waals surface area contributed by atoms with E-state index >= 15 is 0 Å². The summed E-state index contributed by atoms with van der Waals surface area (Å²) in [6.45, 7) is 1.93. The van der Waals surface area contributed by atoms with Crippen molar-refractivity contribution in [3.63, 3.8) is 0 Å². The normalized spacial score (nSPS) is 37.7. The van der Waals surface area contributed by atoms with Gasteiger partial charge in [0.25, 0.3) is 0 Å². The van der Waals surface area contributed by atoms with Gasteiger partial charge in [-0.25, -0.2) is 0 Å². The monoisotopic (exact) mass is 130 g/mol. The standard InChI is InChI=1S/C6H14N2O/c1-8-3-5(7)6(4-8)9-2/h5-6H,3-4,7H2,1-2H3/t5-,6-/m0/s1.